The third-order valence-corrected chi connectivity index (χ3v) is 6.71. The van der Waals surface area contributed by atoms with Crippen LogP contribution >= 0.6 is 11.6 Å². The van der Waals surface area contributed by atoms with Gasteiger partial charge in [-0.05, 0) is 49.2 Å². The number of alkyl halides is 3. The lowest BCUT2D eigenvalue weighted by molar-refractivity contribution is -0.185. The fourth-order valence-electron chi connectivity index (χ4n) is 4.30. The molecule has 0 radical (unpaired) electrons. The van der Waals surface area contributed by atoms with Crippen LogP contribution in [0.5, 0.6) is 5.88 Å². The first-order chi connectivity index (χ1) is 16.2. The van der Waals surface area contributed by atoms with Crippen molar-refractivity contribution in [1.82, 2.24) is 9.88 Å². The van der Waals surface area contributed by atoms with Gasteiger partial charge in [0.05, 0.1) is 30.1 Å². The van der Waals surface area contributed by atoms with Crippen LogP contribution in [0.4, 0.5) is 18.9 Å². The van der Waals surface area contributed by atoms with Gasteiger partial charge in [0.1, 0.15) is 6.10 Å². The number of halogens is 4. The van der Waals surface area contributed by atoms with Crippen molar-refractivity contribution in [3.8, 4) is 5.88 Å². The number of nitrogens with zero attached hydrogens (tertiary/aromatic N) is 3. The second kappa shape index (κ2) is 9.79. The fourth-order valence-corrected chi connectivity index (χ4v) is 4.59. The summed E-state index contributed by atoms with van der Waals surface area (Å²) in [5.41, 5.74) is 2.92. The molecule has 4 rings (SSSR count). The number of aliphatic hydroxyl groups excluding tert-OH is 1. The molecule has 1 atom stereocenters. The van der Waals surface area contributed by atoms with E-state index < -0.39 is 18.2 Å². The predicted octanol–water partition coefficient (Wildman–Crippen LogP) is 6.30. The molecule has 0 aliphatic carbocycles. The highest BCUT2D eigenvalue weighted by molar-refractivity contribution is 6.36. The quantitative estimate of drug-likeness (QED) is 0.427. The summed E-state index contributed by atoms with van der Waals surface area (Å²) in [5.74, 6) is -0.942. The van der Waals surface area contributed by atoms with Crippen molar-refractivity contribution < 1.29 is 23.0 Å². The van der Waals surface area contributed by atoms with E-state index in [4.69, 9.17) is 22.9 Å². The summed E-state index contributed by atoms with van der Waals surface area (Å²) in [7, 11) is 1.48. The van der Waals surface area contributed by atoms with Crippen LogP contribution in [0.1, 0.15) is 35.6 Å². The van der Waals surface area contributed by atoms with Crippen molar-refractivity contribution in [3.05, 3.63) is 75.6 Å². The topological polar surface area (TPSA) is 50.0 Å². The Morgan fingerprint density at radius 2 is 1.82 bits per heavy atom. The first-order valence-electron chi connectivity index (χ1n) is 10.8. The molecule has 0 spiro atoms. The Morgan fingerprint density at radius 3 is 2.41 bits per heavy atom. The van der Waals surface area contributed by atoms with Crippen molar-refractivity contribution in [3.63, 3.8) is 0 Å². The van der Waals surface area contributed by atoms with Crippen molar-refractivity contribution >= 4 is 28.2 Å². The average Bonchev–Trinajstić information content (AvgIpc) is 2.84. The van der Waals surface area contributed by atoms with Gasteiger partial charge in [-0.1, -0.05) is 41.9 Å². The number of likely N-dealkylation sites (tertiary alicyclic amines) is 1. The molecular formula is C25H23ClF3N3O2. The zero-order valence-electron chi connectivity index (χ0n) is 18.4. The lowest BCUT2D eigenvalue weighted by atomic mass is 9.96. The zero-order valence-corrected chi connectivity index (χ0v) is 19.2. The van der Waals surface area contributed by atoms with E-state index >= 15 is 0 Å². The molecular weight excluding hydrogens is 467 g/mol. The molecule has 1 saturated heterocycles. The third-order valence-electron chi connectivity index (χ3n) is 6.28. The molecule has 1 aromatic heterocycles. The van der Waals surface area contributed by atoms with Crippen LogP contribution < -0.4 is 4.74 Å². The first-order valence-corrected chi connectivity index (χ1v) is 11.2. The van der Waals surface area contributed by atoms with Crippen LogP contribution in [-0.2, 0) is 6.54 Å². The van der Waals surface area contributed by atoms with Crippen LogP contribution in [0, 0.1) is 12.5 Å². The number of ether oxygens (including phenoxy) is 1. The highest BCUT2D eigenvalue weighted by Crippen LogP contribution is 2.38. The minimum atomic E-state index is -4.17. The van der Waals surface area contributed by atoms with E-state index in [0.29, 0.717) is 63.8 Å². The minimum absolute atomic E-state index is 0.0487. The van der Waals surface area contributed by atoms with Crippen molar-refractivity contribution in [1.29, 1.82) is 0 Å². The normalized spacial score (nSPS) is 16.4. The number of benzene rings is 2. The van der Waals surface area contributed by atoms with Crippen molar-refractivity contribution in [2.24, 2.45) is 5.92 Å². The number of piperidine rings is 1. The molecule has 0 saturated carbocycles. The molecule has 2 aromatic carbocycles. The number of hydrogen-bond donors (Lipinski definition) is 1. The molecule has 1 N–H and O–H groups in total. The summed E-state index contributed by atoms with van der Waals surface area (Å²) in [6.07, 6.45) is -4.99. The van der Waals surface area contributed by atoms with Gasteiger partial charge in [-0.2, -0.15) is 13.2 Å². The van der Waals surface area contributed by atoms with Crippen LogP contribution in [-0.4, -0.2) is 41.4 Å². The summed E-state index contributed by atoms with van der Waals surface area (Å²) < 4.78 is 44.5. The van der Waals surface area contributed by atoms with E-state index in [0.717, 1.165) is 0 Å². The monoisotopic (exact) mass is 489 g/mol. The maximum atomic E-state index is 13.0. The van der Waals surface area contributed by atoms with Gasteiger partial charge in [-0.25, -0.2) is 9.83 Å². The zero-order chi connectivity index (χ0) is 24.5. The standard InChI is InChI=1S/C25H23ClF3N3O2/c1-30-18-6-3-15(4-7-18)23(33)16-5-8-21-19(13-16)22(26)20(24(31-21)34-2)14-32-11-9-17(10-12-32)25(27,28)29/h3-8,13,17,23,33H,9-12,14H2,2H3. The molecule has 34 heavy (non-hydrogen) atoms. The van der Waals surface area contributed by atoms with Gasteiger partial charge in [0.25, 0.3) is 0 Å². The Kier molecular flexibility index (Phi) is 6.99. The maximum absolute atomic E-state index is 13.0. The Bertz CT molecular complexity index is 1220. The van der Waals surface area contributed by atoms with Crippen molar-refractivity contribution in [2.75, 3.05) is 20.2 Å². The van der Waals surface area contributed by atoms with Crippen LogP contribution in [0.15, 0.2) is 42.5 Å². The van der Waals surface area contributed by atoms with Gasteiger partial charge < -0.3 is 9.84 Å². The average molecular weight is 490 g/mol. The molecule has 1 unspecified atom stereocenters. The van der Waals surface area contributed by atoms with Gasteiger partial charge >= 0.3 is 6.18 Å². The summed E-state index contributed by atoms with van der Waals surface area (Å²) in [4.78, 5) is 9.83. The second-order valence-electron chi connectivity index (χ2n) is 8.39. The smallest absolute Gasteiger partial charge is 0.391 e. The van der Waals surface area contributed by atoms with E-state index in [1.54, 1.807) is 42.5 Å². The van der Waals surface area contributed by atoms with Crippen LogP contribution in [0.3, 0.4) is 0 Å². The fraction of sp³-hybridized carbons (Fsp3) is 0.360. The maximum Gasteiger partial charge on any atom is 0.391 e. The van der Waals surface area contributed by atoms with E-state index in [1.807, 2.05) is 4.90 Å². The highest BCUT2D eigenvalue weighted by Gasteiger charge is 2.41. The molecule has 0 bridgehead atoms. The Balaban J connectivity index is 1.62. The van der Waals surface area contributed by atoms with Crippen LogP contribution in [0.25, 0.3) is 15.7 Å². The molecule has 1 aliphatic rings. The van der Waals surface area contributed by atoms with E-state index in [-0.39, 0.29) is 12.8 Å². The molecule has 1 aliphatic heterocycles. The molecule has 0 amide bonds. The molecule has 5 nitrogen and oxygen atoms in total. The largest absolute Gasteiger partial charge is 0.481 e. The highest BCUT2D eigenvalue weighted by atomic mass is 35.5. The molecule has 3 aromatic rings. The summed E-state index contributed by atoms with van der Waals surface area (Å²) in [5, 5.41) is 11.9. The first kappa shape index (κ1) is 24.3. The Morgan fingerprint density at radius 1 is 1.18 bits per heavy atom. The summed E-state index contributed by atoms with van der Waals surface area (Å²) in [6, 6.07) is 11.9. The minimum Gasteiger partial charge on any atom is -0.481 e. The Hall–Kier alpha value is -2.86. The lowest BCUT2D eigenvalue weighted by Crippen LogP contribution is -2.38. The number of rotatable bonds is 5. The second-order valence-corrected chi connectivity index (χ2v) is 8.77. The summed E-state index contributed by atoms with van der Waals surface area (Å²) >= 11 is 6.77. The molecule has 2 heterocycles. The number of aromatic nitrogens is 1. The third kappa shape index (κ3) is 4.97. The number of aliphatic hydroxyl groups is 1. The van der Waals surface area contributed by atoms with Gasteiger partial charge in [0, 0.05) is 17.5 Å². The number of fused-ring (bicyclic) bond motifs is 1. The Labute approximate surface area is 200 Å². The number of hydrogen-bond acceptors (Lipinski definition) is 4. The number of methoxy groups -OCH3 is 1. The SMILES string of the molecule is [C-]#[N+]c1ccc(C(O)c2ccc3nc(OC)c(CN4CCC(C(F)(F)F)CC4)c(Cl)c3c2)cc1. The van der Waals surface area contributed by atoms with Gasteiger partial charge in [-0.3, -0.25) is 4.90 Å². The molecule has 9 heteroatoms. The number of pyridine rings is 1. The van der Waals surface area contributed by atoms with Gasteiger partial charge in [0.2, 0.25) is 5.88 Å². The predicted molar refractivity (Wildman–Crippen MR) is 124 cm³/mol. The molecule has 178 valence electrons. The lowest BCUT2D eigenvalue weighted by Gasteiger charge is -2.33. The van der Waals surface area contributed by atoms with E-state index in [9.17, 15) is 18.3 Å². The van der Waals surface area contributed by atoms with Gasteiger partial charge in [0.15, 0.2) is 5.69 Å². The van der Waals surface area contributed by atoms with E-state index in [2.05, 4.69) is 9.83 Å². The summed E-state index contributed by atoms with van der Waals surface area (Å²) in [6.45, 7) is 7.99. The van der Waals surface area contributed by atoms with Crippen molar-refractivity contribution in [2.45, 2.75) is 31.7 Å². The van der Waals surface area contributed by atoms with Crippen LogP contribution in [0.2, 0.25) is 5.02 Å². The van der Waals surface area contributed by atoms with Gasteiger partial charge in [-0.15, -0.1) is 0 Å². The molecule has 1 fully saturated rings. The van der Waals surface area contributed by atoms with E-state index in [1.165, 1.54) is 7.11 Å².